The molecule has 1 aromatic carbocycles. The number of unbranched alkanes of at least 4 members (excludes halogenated alkanes) is 4. The Hall–Kier alpha value is -0.860. The zero-order valence-corrected chi connectivity index (χ0v) is 12.5. The Labute approximate surface area is 113 Å². The summed E-state index contributed by atoms with van der Waals surface area (Å²) in [7, 11) is 0. The number of rotatable bonds is 6. The maximum Gasteiger partial charge on any atom is -0.0279 e. The van der Waals surface area contributed by atoms with Gasteiger partial charge in [-0.3, -0.25) is 5.48 Å². The summed E-state index contributed by atoms with van der Waals surface area (Å²) in [6, 6.07) is 8.94. The lowest BCUT2D eigenvalue weighted by Gasteiger charge is -2.01. The fourth-order valence-corrected chi connectivity index (χ4v) is 1.69. The maximum atomic E-state index is 2.26. The molecule has 1 rings (SSSR count). The third-order valence-electron chi connectivity index (χ3n) is 2.69. The van der Waals surface area contributed by atoms with Crippen LogP contribution in [0.25, 0.3) is 0 Å². The van der Waals surface area contributed by atoms with E-state index in [1.165, 1.54) is 49.7 Å². The van der Waals surface area contributed by atoms with E-state index in [2.05, 4.69) is 38.1 Å². The largest absolute Gasteiger partial charge is 0.412 e. The van der Waals surface area contributed by atoms with Crippen molar-refractivity contribution in [3.8, 4) is 0 Å². The van der Waals surface area contributed by atoms with Gasteiger partial charge in [-0.25, -0.2) is 0 Å². The van der Waals surface area contributed by atoms with E-state index in [-0.39, 0.29) is 11.0 Å². The van der Waals surface area contributed by atoms with Gasteiger partial charge in [-0.2, -0.15) is 0 Å². The van der Waals surface area contributed by atoms with Gasteiger partial charge in [0.2, 0.25) is 0 Å². The first-order valence-electron chi connectivity index (χ1n) is 6.88. The second kappa shape index (κ2) is 16.1. The van der Waals surface area contributed by atoms with Crippen LogP contribution in [0.4, 0.5) is 0 Å². The van der Waals surface area contributed by atoms with Crippen LogP contribution in [0.15, 0.2) is 24.3 Å². The van der Waals surface area contributed by atoms with Crippen molar-refractivity contribution >= 4 is 0 Å². The summed E-state index contributed by atoms with van der Waals surface area (Å²) in [5.74, 6) is 0. The predicted molar refractivity (Wildman–Crippen MR) is 80.5 cm³/mol. The highest BCUT2D eigenvalue weighted by Crippen LogP contribution is 2.09. The number of aryl methyl sites for hydroxylation is 2. The minimum absolute atomic E-state index is 0. The zero-order chi connectivity index (χ0) is 12.2. The summed E-state index contributed by atoms with van der Waals surface area (Å²) in [4.78, 5) is 0. The van der Waals surface area contributed by atoms with E-state index in [4.69, 9.17) is 0 Å². The van der Waals surface area contributed by atoms with Crippen LogP contribution in [0.2, 0.25) is 0 Å². The fraction of sp³-hybridized carbons (Fsp3) is 0.625. The quantitative estimate of drug-likeness (QED) is 0.726. The standard InChI is InChI=1S/C14H22.C2H6.H2O.HO/c1-3-4-5-6-7-8-14-11-9-13(2)10-12-14;1-2;;/h9-12H,3-8H2,1-2H3;1-2H3;1H2;1H. The molecule has 0 fully saturated rings. The molecular formula is C16H31O2. The molecule has 0 aliphatic heterocycles. The zero-order valence-electron chi connectivity index (χ0n) is 12.5. The molecule has 0 spiro atoms. The van der Waals surface area contributed by atoms with Crippen LogP contribution in [0.5, 0.6) is 0 Å². The van der Waals surface area contributed by atoms with E-state index in [0.29, 0.717) is 0 Å². The fourth-order valence-electron chi connectivity index (χ4n) is 1.69. The lowest BCUT2D eigenvalue weighted by molar-refractivity contribution is 0.632. The molecule has 0 aliphatic carbocycles. The second-order valence-corrected chi connectivity index (χ2v) is 4.15. The minimum atomic E-state index is 0. The van der Waals surface area contributed by atoms with Gasteiger partial charge in [0, 0.05) is 0 Å². The van der Waals surface area contributed by atoms with Crippen molar-refractivity contribution < 1.29 is 11.0 Å². The first-order chi connectivity index (χ1) is 7.83. The average Bonchev–Trinajstić information content (AvgIpc) is 2.34. The Kier molecular flexibility index (Phi) is 20.0. The van der Waals surface area contributed by atoms with Gasteiger partial charge in [-0.15, -0.1) is 0 Å². The Morgan fingerprint density at radius 3 is 1.83 bits per heavy atom. The highest BCUT2D eigenvalue weighted by molar-refractivity contribution is 5.21. The Morgan fingerprint density at radius 2 is 1.33 bits per heavy atom. The van der Waals surface area contributed by atoms with Crippen LogP contribution in [0.1, 0.15) is 64.0 Å². The molecule has 0 aliphatic rings. The van der Waals surface area contributed by atoms with Gasteiger partial charge in [-0.1, -0.05) is 76.3 Å². The molecule has 18 heavy (non-hydrogen) atoms. The average molecular weight is 255 g/mol. The molecule has 0 unspecified atom stereocenters. The van der Waals surface area contributed by atoms with Crippen molar-refractivity contribution in [2.24, 2.45) is 0 Å². The summed E-state index contributed by atoms with van der Waals surface area (Å²) < 4.78 is 0. The van der Waals surface area contributed by atoms with Gasteiger partial charge < -0.3 is 5.48 Å². The summed E-state index contributed by atoms with van der Waals surface area (Å²) in [6.07, 6.45) is 8.13. The van der Waals surface area contributed by atoms with Gasteiger partial charge in [0.1, 0.15) is 0 Å². The monoisotopic (exact) mass is 255 g/mol. The van der Waals surface area contributed by atoms with Crippen molar-refractivity contribution in [2.45, 2.75) is 66.2 Å². The first-order valence-corrected chi connectivity index (χ1v) is 6.88. The molecule has 0 heterocycles. The summed E-state index contributed by atoms with van der Waals surface area (Å²) >= 11 is 0. The lowest BCUT2D eigenvalue weighted by Crippen LogP contribution is -1.86. The molecule has 0 aromatic heterocycles. The Bertz CT molecular complexity index is 242. The van der Waals surface area contributed by atoms with Crippen molar-refractivity contribution in [3.63, 3.8) is 0 Å². The van der Waals surface area contributed by atoms with Crippen LogP contribution in [0, 0.1) is 6.92 Å². The van der Waals surface area contributed by atoms with Crippen molar-refractivity contribution in [1.82, 2.24) is 0 Å². The molecular weight excluding hydrogens is 224 g/mol. The van der Waals surface area contributed by atoms with E-state index in [1.54, 1.807) is 0 Å². The molecule has 107 valence electrons. The van der Waals surface area contributed by atoms with E-state index in [0.717, 1.165) is 0 Å². The topological polar surface area (TPSA) is 61.5 Å². The second-order valence-electron chi connectivity index (χ2n) is 4.15. The first kappa shape index (κ1) is 22.3. The predicted octanol–water partition coefficient (Wildman–Crippen LogP) is 4.53. The maximum absolute atomic E-state index is 2.26. The Morgan fingerprint density at radius 1 is 0.833 bits per heavy atom. The molecule has 2 nitrogen and oxygen atoms in total. The normalized spacial score (nSPS) is 8.44. The van der Waals surface area contributed by atoms with E-state index < -0.39 is 0 Å². The molecule has 1 aromatic rings. The molecule has 0 saturated heterocycles. The number of benzene rings is 1. The van der Waals surface area contributed by atoms with Gasteiger partial charge in [0.05, 0.1) is 0 Å². The van der Waals surface area contributed by atoms with E-state index in [1.807, 2.05) is 13.8 Å². The molecule has 0 saturated carbocycles. The van der Waals surface area contributed by atoms with Gasteiger partial charge in [-0.05, 0) is 25.3 Å². The number of hydrogen-bond acceptors (Lipinski definition) is 0. The molecule has 2 heteroatoms. The molecule has 0 amide bonds. The van der Waals surface area contributed by atoms with E-state index >= 15 is 0 Å². The highest BCUT2D eigenvalue weighted by Gasteiger charge is 1.93. The van der Waals surface area contributed by atoms with Crippen LogP contribution in [-0.2, 0) is 6.42 Å². The van der Waals surface area contributed by atoms with Gasteiger partial charge >= 0.3 is 0 Å². The van der Waals surface area contributed by atoms with Crippen LogP contribution in [-0.4, -0.2) is 11.0 Å². The minimum Gasteiger partial charge on any atom is -0.412 e. The van der Waals surface area contributed by atoms with Gasteiger partial charge in [0.15, 0.2) is 0 Å². The molecule has 0 bridgehead atoms. The Balaban J connectivity index is -0.000000534. The summed E-state index contributed by atoms with van der Waals surface area (Å²) in [5.41, 5.74) is 2.85. The van der Waals surface area contributed by atoms with Crippen LogP contribution >= 0.6 is 0 Å². The van der Waals surface area contributed by atoms with Crippen molar-refractivity contribution in [3.05, 3.63) is 35.4 Å². The van der Waals surface area contributed by atoms with Crippen LogP contribution < -0.4 is 0 Å². The lowest BCUT2D eigenvalue weighted by atomic mass is 10.0. The third-order valence-corrected chi connectivity index (χ3v) is 2.69. The highest BCUT2D eigenvalue weighted by atomic mass is 16.0. The van der Waals surface area contributed by atoms with Crippen molar-refractivity contribution in [2.75, 3.05) is 0 Å². The number of hydrogen-bond donors (Lipinski definition) is 1. The SMILES string of the molecule is CC.CCCCCCCc1ccc(C)cc1.O.[OH]. The summed E-state index contributed by atoms with van der Waals surface area (Å²) in [6.45, 7) is 8.41. The smallest absolute Gasteiger partial charge is 0.0279 e. The summed E-state index contributed by atoms with van der Waals surface area (Å²) in [5, 5.41) is 0. The van der Waals surface area contributed by atoms with Gasteiger partial charge in [0.25, 0.3) is 0 Å². The van der Waals surface area contributed by atoms with Crippen molar-refractivity contribution in [1.29, 1.82) is 0 Å². The molecule has 0 atom stereocenters. The third kappa shape index (κ3) is 11.6. The molecule has 1 radical (unpaired) electrons. The van der Waals surface area contributed by atoms with Crippen LogP contribution in [0.3, 0.4) is 0 Å². The molecule has 3 N–H and O–H groups in total. The van der Waals surface area contributed by atoms with E-state index in [9.17, 15) is 0 Å².